The molecule has 1 rings (SSSR count). The molecule has 0 spiro atoms. The van der Waals surface area contributed by atoms with Crippen LogP contribution in [-0.2, 0) is 9.53 Å². The number of nitriles is 1. The van der Waals surface area contributed by atoms with Gasteiger partial charge < -0.3 is 10.1 Å². The van der Waals surface area contributed by atoms with Gasteiger partial charge in [0.1, 0.15) is 5.41 Å². The number of rotatable bonds is 7. The van der Waals surface area contributed by atoms with Crippen LogP contribution in [0.4, 0.5) is 0 Å². The fourth-order valence-electron chi connectivity index (χ4n) is 1.75. The highest BCUT2D eigenvalue weighted by atomic mass is 16.5. The van der Waals surface area contributed by atoms with E-state index in [0.29, 0.717) is 31.9 Å². The Morgan fingerprint density at radius 3 is 2.65 bits per heavy atom. The average molecular weight is 238 g/mol. The van der Waals surface area contributed by atoms with Crippen LogP contribution in [0.1, 0.15) is 39.5 Å². The minimum absolute atomic E-state index is 0.126. The molecule has 17 heavy (non-hydrogen) atoms. The van der Waals surface area contributed by atoms with Crippen LogP contribution in [-0.4, -0.2) is 25.7 Å². The van der Waals surface area contributed by atoms with Crippen LogP contribution in [0.5, 0.6) is 0 Å². The van der Waals surface area contributed by atoms with Crippen molar-refractivity contribution in [2.24, 2.45) is 11.3 Å². The van der Waals surface area contributed by atoms with Crippen LogP contribution in [0, 0.1) is 22.7 Å². The Hall–Kier alpha value is -1.08. The van der Waals surface area contributed by atoms with Crippen molar-refractivity contribution >= 4 is 5.91 Å². The van der Waals surface area contributed by atoms with Crippen LogP contribution < -0.4 is 5.32 Å². The Labute approximate surface area is 103 Å². The third kappa shape index (κ3) is 4.01. The third-order valence-corrected chi connectivity index (χ3v) is 3.23. The van der Waals surface area contributed by atoms with Gasteiger partial charge >= 0.3 is 0 Å². The first kappa shape index (κ1) is 14.0. The number of carbonyl (C=O) groups is 1. The van der Waals surface area contributed by atoms with E-state index in [-0.39, 0.29) is 5.91 Å². The molecule has 1 amide bonds. The second kappa shape index (κ2) is 6.61. The van der Waals surface area contributed by atoms with Gasteiger partial charge in [0.2, 0.25) is 5.91 Å². The number of hydrogen-bond acceptors (Lipinski definition) is 3. The summed E-state index contributed by atoms with van der Waals surface area (Å²) in [6, 6.07) is 2.13. The molecule has 4 heteroatoms. The van der Waals surface area contributed by atoms with E-state index >= 15 is 0 Å². The molecule has 1 aliphatic rings. The molecule has 0 radical (unpaired) electrons. The maximum atomic E-state index is 11.7. The lowest BCUT2D eigenvalue weighted by Gasteiger charge is -2.33. The summed E-state index contributed by atoms with van der Waals surface area (Å²) in [5, 5.41) is 11.7. The van der Waals surface area contributed by atoms with Gasteiger partial charge in [-0.05, 0) is 31.6 Å². The van der Waals surface area contributed by atoms with Crippen molar-refractivity contribution < 1.29 is 9.53 Å². The van der Waals surface area contributed by atoms with Crippen LogP contribution in [0.2, 0.25) is 0 Å². The molecular formula is C13H22N2O2. The van der Waals surface area contributed by atoms with Crippen LogP contribution >= 0.6 is 0 Å². The summed E-state index contributed by atoms with van der Waals surface area (Å²) in [6.45, 7) is 6.06. The number of nitrogens with zero attached hydrogens (tertiary/aromatic N) is 1. The zero-order valence-corrected chi connectivity index (χ0v) is 10.8. The Bertz CT molecular complexity index is 290. The summed E-state index contributed by atoms with van der Waals surface area (Å²) < 4.78 is 5.40. The largest absolute Gasteiger partial charge is 0.380 e. The molecule has 0 saturated heterocycles. The van der Waals surface area contributed by atoms with E-state index in [2.05, 4.69) is 25.2 Å². The molecule has 96 valence electrons. The van der Waals surface area contributed by atoms with E-state index in [0.717, 1.165) is 19.4 Å². The van der Waals surface area contributed by atoms with Gasteiger partial charge in [-0.15, -0.1) is 0 Å². The highest BCUT2D eigenvalue weighted by Gasteiger charge is 2.44. The predicted molar refractivity (Wildman–Crippen MR) is 65.2 cm³/mol. The molecular weight excluding hydrogens is 216 g/mol. The van der Waals surface area contributed by atoms with Crippen molar-refractivity contribution in [1.82, 2.24) is 5.32 Å². The molecule has 0 heterocycles. The highest BCUT2D eigenvalue weighted by Crippen LogP contribution is 2.40. The Morgan fingerprint density at radius 1 is 1.47 bits per heavy atom. The van der Waals surface area contributed by atoms with E-state index in [1.807, 2.05) is 0 Å². The number of nitrogens with one attached hydrogen (secondary N) is 1. The average Bonchev–Trinajstić information content (AvgIpc) is 2.22. The molecule has 0 bridgehead atoms. The van der Waals surface area contributed by atoms with Gasteiger partial charge in [0, 0.05) is 13.2 Å². The van der Waals surface area contributed by atoms with Gasteiger partial charge in [0.15, 0.2) is 0 Å². The molecule has 0 aromatic rings. The zero-order chi connectivity index (χ0) is 12.7. The molecule has 1 N–H and O–H groups in total. The van der Waals surface area contributed by atoms with Crippen molar-refractivity contribution in [1.29, 1.82) is 5.26 Å². The zero-order valence-electron chi connectivity index (χ0n) is 10.8. The van der Waals surface area contributed by atoms with E-state index in [4.69, 9.17) is 10.00 Å². The quantitative estimate of drug-likeness (QED) is 0.689. The Balaban J connectivity index is 2.07. The van der Waals surface area contributed by atoms with E-state index < -0.39 is 5.41 Å². The van der Waals surface area contributed by atoms with Crippen molar-refractivity contribution in [3.05, 3.63) is 0 Å². The minimum atomic E-state index is -0.738. The first-order valence-corrected chi connectivity index (χ1v) is 6.38. The van der Waals surface area contributed by atoms with Gasteiger partial charge in [0.25, 0.3) is 0 Å². The van der Waals surface area contributed by atoms with Crippen molar-refractivity contribution in [2.75, 3.05) is 19.8 Å². The molecule has 0 aromatic heterocycles. The van der Waals surface area contributed by atoms with Crippen molar-refractivity contribution in [3.8, 4) is 6.07 Å². The van der Waals surface area contributed by atoms with Crippen molar-refractivity contribution in [3.63, 3.8) is 0 Å². The minimum Gasteiger partial charge on any atom is -0.380 e. The molecule has 0 aliphatic heterocycles. The summed E-state index contributed by atoms with van der Waals surface area (Å²) in [6.07, 6.45) is 3.41. The standard InChI is InChI=1S/C13H22N2O2/c1-11(2)4-8-17-9-7-15-12(16)13(10-14)5-3-6-13/h11H,3-9H2,1-2H3,(H,15,16). The highest BCUT2D eigenvalue weighted by molar-refractivity contribution is 5.86. The number of amides is 1. The number of carbonyl (C=O) groups excluding carboxylic acids is 1. The van der Waals surface area contributed by atoms with Gasteiger partial charge in [-0.1, -0.05) is 13.8 Å². The maximum absolute atomic E-state index is 11.7. The first-order valence-electron chi connectivity index (χ1n) is 6.38. The summed E-state index contributed by atoms with van der Waals surface area (Å²) in [5.41, 5.74) is -0.738. The molecule has 1 aliphatic carbocycles. The third-order valence-electron chi connectivity index (χ3n) is 3.23. The summed E-state index contributed by atoms with van der Waals surface area (Å²) in [5.74, 6) is 0.514. The number of hydrogen-bond donors (Lipinski definition) is 1. The molecule has 1 fully saturated rings. The van der Waals surface area contributed by atoms with Gasteiger partial charge in [-0.2, -0.15) is 5.26 Å². The molecule has 0 atom stereocenters. The SMILES string of the molecule is CC(C)CCOCCNC(=O)C1(C#N)CCC1. The molecule has 0 unspecified atom stereocenters. The maximum Gasteiger partial charge on any atom is 0.240 e. The molecule has 0 aromatic carbocycles. The first-order chi connectivity index (χ1) is 8.10. The van der Waals surface area contributed by atoms with Crippen LogP contribution in [0.3, 0.4) is 0 Å². The fourth-order valence-corrected chi connectivity index (χ4v) is 1.75. The van der Waals surface area contributed by atoms with E-state index in [1.165, 1.54) is 0 Å². The topological polar surface area (TPSA) is 62.1 Å². The van der Waals surface area contributed by atoms with Gasteiger partial charge in [-0.3, -0.25) is 4.79 Å². The van der Waals surface area contributed by atoms with E-state index in [9.17, 15) is 4.79 Å². The lowest BCUT2D eigenvalue weighted by molar-refractivity contribution is -0.132. The lowest BCUT2D eigenvalue weighted by Crippen LogP contribution is -2.45. The number of ether oxygens (including phenoxy) is 1. The summed E-state index contributed by atoms with van der Waals surface area (Å²) in [4.78, 5) is 11.7. The fraction of sp³-hybridized carbons (Fsp3) is 0.846. The Morgan fingerprint density at radius 2 is 2.18 bits per heavy atom. The summed E-state index contributed by atoms with van der Waals surface area (Å²) >= 11 is 0. The lowest BCUT2D eigenvalue weighted by atomic mass is 9.69. The molecule has 1 saturated carbocycles. The predicted octanol–water partition coefficient (Wildman–Crippen LogP) is 1.86. The second-order valence-corrected chi connectivity index (χ2v) is 5.10. The Kier molecular flexibility index (Phi) is 5.43. The normalized spacial score (nSPS) is 17.3. The molecule has 4 nitrogen and oxygen atoms in total. The van der Waals surface area contributed by atoms with Gasteiger partial charge in [-0.25, -0.2) is 0 Å². The van der Waals surface area contributed by atoms with Gasteiger partial charge in [0.05, 0.1) is 12.7 Å². The monoisotopic (exact) mass is 238 g/mol. The van der Waals surface area contributed by atoms with Crippen LogP contribution in [0.15, 0.2) is 0 Å². The second-order valence-electron chi connectivity index (χ2n) is 5.10. The summed E-state index contributed by atoms with van der Waals surface area (Å²) in [7, 11) is 0. The van der Waals surface area contributed by atoms with Crippen LogP contribution in [0.25, 0.3) is 0 Å². The smallest absolute Gasteiger partial charge is 0.240 e. The van der Waals surface area contributed by atoms with E-state index in [1.54, 1.807) is 0 Å². The van der Waals surface area contributed by atoms with Crippen molar-refractivity contribution in [2.45, 2.75) is 39.5 Å².